The van der Waals surface area contributed by atoms with Crippen molar-refractivity contribution >= 4 is 47.7 Å². The summed E-state index contributed by atoms with van der Waals surface area (Å²) in [4.78, 5) is 3.78. The van der Waals surface area contributed by atoms with E-state index < -0.39 is 10.0 Å². The Kier molecular flexibility index (Phi) is 4.79. The molecule has 2 aromatic rings. The van der Waals surface area contributed by atoms with E-state index in [0.717, 1.165) is 10.0 Å². The average molecular weight is 421 g/mol. The first-order chi connectivity index (χ1) is 9.40. The van der Waals surface area contributed by atoms with E-state index in [2.05, 4.69) is 41.6 Å². The Morgan fingerprint density at radius 3 is 2.65 bits per heavy atom. The minimum atomic E-state index is -3.72. The zero-order valence-corrected chi connectivity index (χ0v) is 14.2. The van der Waals surface area contributed by atoms with Gasteiger partial charge in [-0.25, -0.2) is 18.1 Å². The number of rotatable bonds is 4. The summed E-state index contributed by atoms with van der Waals surface area (Å²) < 4.78 is 28.3. The summed E-state index contributed by atoms with van der Waals surface area (Å²) in [5, 5.41) is 0. The number of anilines is 1. The van der Waals surface area contributed by atoms with Gasteiger partial charge >= 0.3 is 0 Å². The molecule has 106 valence electrons. The molecule has 0 radical (unpaired) electrons. The maximum Gasteiger partial charge on any atom is 0.244 e. The Labute approximate surface area is 133 Å². The smallest absolute Gasteiger partial charge is 0.244 e. The molecule has 0 saturated carbocycles. The molecule has 3 N–H and O–H groups in total. The Morgan fingerprint density at radius 2 is 1.95 bits per heavy atom. The highest BCUT2D eigenvalue weighted by molar-refractivity contribution is 9.10. The second-order valence-corrected chi connectivity index (χ2v) is 7.46. The van der Waals surface area contributed by atoms with E-state index in [1.807, 2.05) is 24.3 Å². The number of halogens is 2. The fraction of sp³-hybridized carbons (Fsp3) is 0.0833. The summed E-state index contributed by atoms with van der Waals surface area (Å²) in [6, 6.07) is 8.79. The zero-order valence-electron chi connectivity index (χ0n) is 10.2. The van der Waals surface area contributed by atoms with Crippen molar-refractivity contribution in [3.63, 3.8) is 0 Å². The van der Waals surface area contributed by atoms with Crippen LogP contribution in [0.25, 0.3) is 0 Å². The molecule has 2 rings (SSSR count). The van der Waals surface area contributed by atoms with Crippen molar-refractivity contribution in [2.75, 3.05) is 5.73 Å². The van der Waals surface area contributed by atoms with Gasteiger partial charge in [0.15, 0.2) is 0 Å². The third-order valence-corrected chi connectivity index (χ3v) is 5.19. The molecule has 0 amide bonds. The summed E-state index contributed by atoms with van der Waals surface area (Å²) in [5.74, 6) is -0.0344. The van der Waals surface area contributed by atoms with Crippen molar-refractivity contribution in [3.05, 3.63) is 51.0 Å². The van der Waals surface area contributed by atoms with Gasteiger partial charge in [0, 0.05) is 21.7 Å². The molecule has 0 aliphatic heterocycles. The van der Waals surface area contributed by atoms with Crippen LogP contribution in [0.5, 0.6) is 0 Å². The first-order valence-corrected chi connectivity index (χ1v) is 8.61. The maximum absolute atomic E-state index is 12.2. The number of benzene rings is 1. The predicted molar refractivity (Wildman–Crippen MR) is 84.5 cm³/mol. The number of pyridine rings is 1. The first-order valence-electron chi connectivity index (χ1n) is 5.54. The van der Waals surface area contributed by atoms with E-state index in [-0.39, 0.29) is 17.3 Å². The lowest BCUT2D eigenvalue weighted by Crippen LogP contribution is -2.24. The quantitative estimate of drug-likeness (QED) is 0.796. The van der Waals surface area contributed by atoms with E-state index in [1.54, 1.807) is 0 Å². The molecule has 1 heterocycles. The predicted octanol–water partition coefficient (Wildman–Crippen LogP) is 2.67. The van der Waals surface area contributed by atoms with Crippen LogP contribution in [0.1, 0.15) is 5.56 Å². The molecule has 8 heteroatoms. The van der Waals surface area contributed by atoms with Crippen LogP contribution in [0.4, 0.5) is 5.82 Å². The Morgan fingerprint density at radius 1 is 1.25 bits per heavy atom. The summed E-state index contributed by atoms with van der Waals surface area (Å²) in [6.45, 7) is 0.162. The topological polar surface area (TPSA) is 85.1 Å². The van der Waals surface area contributed by atoms with Crippen molar-refractivity contribution in [2.45, 2.75) is 11.4 Å². The number of nitrogens with zero attached hydrogens (tertiary/aromatic N) is 1. The van der Waals surface area contributed by atoms with Gasteiger partial charge in [-0.05, 0) is 33.6 Å². The summed E-state index contributed by atoms with van der Waals surface area (Å²) in [6.07, 6.45) is 1.45. The minimum absolute atomic E-state index is 0.0344. The van der Waals surface area contributed by atoms with Gasteiger partial charge < -0.3 is 5.73 Å². The Hall–Kier alpha value is -0.960. The summed E-state index contributed by atoms with van der Waals surface area (Å²) in [7, 11) is -3.72. The highest BCUT2D eigenvalue weighted by Crippen LogP contribution is 2.21. The van der Waals surface area contributed by atoms with Crippen LogP contribution in [0.3, 0.4) is 0 Å². The lowest BCUT2D eigenvalue weighted by Gasteiger charge is -2.09. The van der Waals surface area contributed by atoms with Crippen molar-refractivity contribution < 1.29 is 8.42 Å². The van der Waals surface area contributed by atoms with Gasteiger partial charge in [0.05, 0.1) is 0 Å². The number of nitrogens with two attached hydrogens (primary N) is 1. The van der Waals surface area contributed by atoms with E-state index in [9.17, 15) is 8.42 Å². The first kappa shape index (κ1) is 15.4. The second-order valence-electron chi connectivity index (χ2n) is 3.95. The highest BCUT2D eigenvalue weighted by Gasteiger charge is 2.18. The molecule has 5 nitrogen and oxygen atoms in total. The second kappa shape index (κ2) is 6.21. The van der Waals surface area contributed by atoms with Crippen LogP contribution in [0, 0.1) is 0 Å². The van der Waals surface area contributed by atoms with E-state index >= 15 is 0 Å². The summed E-state index contributed by atoms with van der Waals surface area (Å²) in [5.41, 5.74) is 6.45. The van der Waals surface area contributed by atoms with Gasteiger partial charge in [-0.2, -0.15) is 0 Å². The van der Waals surface area contributed by atoms with Crippen LogP contribution < -0.4 is 10.5 Å². The number of nitrogens with one attached hydrogen (secondary N) is 1. The highest BCUT2D eigenvalue weighted by atomic mass is 79.9. The largest absolute Gasteiger partial charge is 0.383 e. The standard InChI is InChI=1S/C12H11Br2N3O2S/c13-9-5-11(12(15)16-7-9)20(18,19)17-6-8-3-1-2-4-10(8)14/h1-5,7,17H,6H2,(H2,15,16). The summed E-state index contributed by atoms with van der Waals surface area (Å²) >= 11 is 6.55. The molecule has 0 atom stereocenters. The van der Waals surface area contributed by atoms with Crippen molar-refractivity contribution in [1.82, 2.24) is 9.71 Å². The third-order valence-electron chi connectivity index (χ3n) is 2.55. The van der Waals surface area contributed by atoms with Gasteiger partial charge in [0.25, 0.3) is 0 Å². The van der Waals surface area contributed by atoms with Crippen LogP contribution >= 0.6 is 31.9 Å². The number of sulfonamides is 1. The fourth-order valence-electron chi connectivity index (χ4n) is 1.54. The third kappa shape index (κ3) is 3.57. The average Bonchev–Trinajstić information content (AvgIpc) is 2.40. The fourth-order valence-corrected chi connectivity index (χ4v) is 3.56. The van der Waals surface area contributed by atoms with Crippen LogP contribution in [-0.4, -0.2) is 13.4 Å². The molecule has 0 fully saturated rings. The van der Waals surface area contributed by atoms with Gasteiger partial charge in [-0.3, -0.25) is 0 Å². The zero-order chi connectivity index (χ0) is 14.8. The molecular weight excluding hydrogens is 410 g/mol. The monoisotopic (exact) mass is 419 g/mol. The molecule has 0 aliphatic rings. The molecule has 0 saturated heterocycles. The molecule has 20 heavy (non-hydrogen) atoms. The minimum Gasteiger partial charge on any atom is -0.383 e. The van der Waals surface area contributed by atoms with Crippen LogP contribution in [-0.2, 0) is 16.6 Å². The maximum atomic E-state index is 12.2. The van der Waals surface area contributed by atoms with E-state index in [4.69, 9.17) is 5.73 Å². The molecule has 1 aromatic carbocycles. The van der Waals surface area contributed by atoms with Crippen LogP contribution in [0.15, 0.2) is 50.4 Å². The van der Waals surface area contributed by atoms with Crippen molar-refractivity contribution in [1.29, 1.82) is 0 Å². The number of nitrogen functional groups attached to an aromatic ring is 1. The normalized spacial score (nSPS) is 11.5. The molecule has 0 unspecified atom stereocenters. The van der Waals surface area contributed by atoms with E-state index in [1.165, 1.54) is 12.3 Å². The Bertz CT molecular complexity index is 735. The number of hydrogen-bond donors (Lipinski definition) is 2. The lowest BCUT2D eigenvalue weighted by atomic mass is 10.2. The Balaban J connectivity index is 2.24. The van der Waals surface area contributed by atoms with Crippen molar-refractivity contribution in [3.8, 4) is 0 Å². The molecule has 1 aromatic heterocycles. The van der Waals surface area contributed by atoms with Gasteiger partial charge in [-0.15, -0.1) is 0 Å². The number of aromatic nitrogens is 1. The SMILES string of the molecule is Nc1ncc(Br)cc1S(=O)(=O)NCc1ccccc1Br. The molecule has 0 spiro atoms. The molecule has 0 bridgehead atoms. The van der Waals surface area contributed by atoms with Gasteiger partial charge in [-0.1, -0.05) is 34.1 Å². The number of hydrogen-bond acceptors (Lipinski definition) is 4. The van der Waals surface area contributed by atoms with Gasteiger partial charge in [0.1, 0.15) is 10.7 Å². The van der Waals surface area contributed by atoms with Crippen molar-refractivity contribution in [2.24, 2.45) is 0 Å². The molecular formula is C12H11Br2N3O2S. The van der Waals surface area contributed by atoms with Gasteiger partial charge in [0.2, 0.25) is 10.0 Å². The molecule has 0 aliphatic carbocycles. The van der Waals surface area contributed by atoms with Crippen LogP contribution in [0.2, 0.25) is 0 Å². The van der Waals surface area contributed by atoms with E-state index in [0.29, 0.717) is 4.47 Å². The lowest BCUT2D eigenvalue weighted by molar-refractivity contribution is 0.581.